The molecular weight excluding hydrogens is 394 g/mol. The number of hydrogen-bond acceptors (Lipinski definition) is 4. The first kappa shape index (κ1) is 20.3. The molecule has 2 aromatic carbocycles. The van der Waals surface area contributed by atoms with Crippen LogP contribution in [0, 0.1) is 11.3 Å². The second-order valence-electron chi connectivity index (χ2n) is 8.17. The minimum Gasteiger partial charge on any atom is -0.378 e. The van der Waals surface area contributed by atoms with Gasteiger partial charge in [0, 0.05) is 48.2 Å². The van der Waals surface area contributed by atoms with E-state index in [9.17, 15) is 10.1 Å². The van der Waals surface area contributed by atoms with Crippen LogP contribution in [0.15, 0.2) is 71.1 Å². The predicted octanol–water partition coefficient (Wildman–Crippen LogP) is 5.29. The fourth-order valence-electron chi connectivity index (χ4n) is 4.46. The molecular formula is C25H24ClN3O. The van der Waals surface area contributed by atoms with Crippen molar-refractivity contribution in [2.24, 2.45) is 0 Å². The van der Waals surface area contributed by atoms with Crippen molar-refractivity contribution in [1.82, 2.24) is 5.32 Å². The van der Waals surface area contributed by atoms with Crippen LogP contribution in [0.25, 0.3) is 0 Å². The maximum atomic E-state index is 13.3. The maximum absolute atomic E-state index is 13.3. The molecule has 1 heterocycles. The number of Topliss-reactive ketones (excluding diaryl/α,β-unsaturated/α-hetero) is 1. The van der Waals surface area contributed by atoms with E-state index in [2.05, 4.69) is 11.4 Å². The number of nitrogens with one attached hydrogen (secondary N) is 1. The minimum atomic E-state index is -0.318. The highest BCUT2D eigenvalue weighted by atomic mass is 35.5. The topological polar surface area (TPSA) is 56.1 Å². The molecule has 30 heavy (non-hydrogen) atoms. The van der Waals surface area contributed by atoms with Gasteiger partial charge in [0.25, 0.3) is 0 Å². The second-order valence-corrected chi connectivity index (χ2v) is 8.60. The molecule has 0 fully saturated rings. The van der Waals surface area contributed by atoms with Gasteiger partial charge in [0.15, 0.2) is 5.78 Å². The molecule has 2 unspecified atom stereocenters. The highest BCUT2D eigenvalue weighted by molar-refractivity contribution is 6.30. The molecule has 1 N–H and O–H groups in total. The molecule has 0 saturated carbocycles. The van der Waals surface area contributed by atoms with Crippen LogP contribution >= 0.6 is 11.6 Å². The summed E-state index contributed by atoms with van der Waals surface area (Å²) in [6.45, 7) is 1.92. The number of ketones is 1. The van der Waals surface area contributed by atoms with E-state index in [1.807, 2.05) is 74.4 Å². The van der Waals surface area contributed by atoms with Crippen molar-refractivity contribution < 1.29 is 4.79 Å². The monoisotopic (exact) mass is 417 g/mol. The van der Waals surface area contributed by atoms with Crippen molar-refractivity contribution in [3.8, 4) is 6.07 Å². The lowest BCUT2D eigenvalue weighted by Gasteiger charge is -2.35. The fraction of sp³-hybridized carbons (Fsp3) is 0.280. The Hall–Kier alpha value is -3.03. The van der Waals surface area contributed by atoms with Gasteiger partial charge < -0.3 is 10.2 Å². The van der Waals surface area contributed by atoms with Gasteiger partial charge in [0.05, 0.1) is 17.6 Å². The number of benzene rings is 2. The quantitative estimate of drug-likeness (QED) is 0.737. The van der Waals surface area contributed by atoms with Crippen molar-refractivity contribution >= 4 is 23.1 Å². The Morgan fingerprint density at radius 1 is 1.03 bits per heavy atom. The van der Waals surface area contributed by atoms with Gasteiger partial charge in [-0.15, -0.1) is 0 Å². The first-order chi connectivity index (χ1) is 14.4. The number of hydrogen-bond donors (Lipinski definition) is 1. The van der Waals surface area contributed by atoms with Crippen LogP contribution in [0.3, 0.4) is 0 Å². The van der Waals surface area contributed by atoms with E-state index in [0.717, 1.165) is 40.2 Å². The summed E-state index contributed by atoms with van der Waals surface area (Å²) in [5.74, 6) is -0.110. The van der Waals surface area contributed by atoms with E-state index >= 15 is 0 Å². The van der Waals surface area contributed by atoms with Gasteiger partial charge >= 0.3 is 0 Å². The summed E-state index contributed by atoms with van der Waals surface area (Å²) >= 11 is 6.03. The lowest BCUT2D eigenvalue weighted by atomic mass is 9.72. The Balaban J connectivity index is 1.75. The predicted molar refractivity (Wildman–Crippen MR) is 120 cm³/mol. The van der Waals surface area contributed by atoms with Crippen LogP contribution in [0.4, 0.5) is 5.69 Å². The van der Waals surface area contributed by atoms with Crippen molar-refractivity contribution in [2.75, 3.05) is 19.0 Å². The summed E-state index contributed by atoms with van der Waals surface area (Å²) < 4.78 is 0. The SMILES string of the molecule is CC1=C(C#N)C(c2ccc(N(C)C)cc2)C2=C(CC(c3ccc(Cl)cc3)CC2=O)N1. The molecule has 0 radical (unpaired) electrons. The molecule has 0 spiro atoms. The van der Waals surface area contributed by atoms with Gasteiger partial charge in [0.2, 0.25) is 0 Å². The van der Waals surface area contributed by atoms with E-state index in [-0.39, 0.29) is 17.6 Å². The number of allylic oxidation sites excluding steroid dienone is 4. The van der Waals surface area contributed by atoms with E-state index in [0.29, 0.717) is 17.0 Å². The van der Waals surface area contributed by atoms with Gasteiger partial charge in [-0.05, 0) is 54.7 Å². The molecule has 0 amide bonds. The second kappa shape index (κ2) is 8.01. The number of rotatable bonds is 3. The first-order valence-corrected chi connectivity index (χ1v) is 10.4. The summed E-state index contributed by atoms with van der Waals surface area (Å²) in [4.78, 5) is 15.4. The molecule has 1 aliphatic carbocycles. The zero-order chi connectivity index (χ0) is 21.4. The highest BCUT2D eigenvalue weighted by Crippen LogP contribution is 2.45. The fourth-order valence-corrected chi connectivity index (χ4v) is 4.58. The Kier molecular flexibility index (Phi) is 5.40. The van der Waals surface area contributed by atoms with E-state index < -0.39 is 0 Å². The van der Waals surface area contributed by atoms with Gasteiger partial charge in [-0.3, -0.25) is 4.79 Å². The van der Waals surface area contributed by atoms with Gasteiger partial charge in [-0.2, -0.15) is 5.26 Å². The van der Waals surface area contributed by atoms with Gasteiger partial charge in [-0.25, -0.2) is 0 Å². The average molecular weight is 418 g/mol. The van der Waals surface area contributed by atoms with Crippen molar-refractivity contribution in [1.29, 1.82) is 5.26 Å². The zero-order valence-corrected chi connectivity index (χ0v) is 18.1. The Labute approximate surface area is 182 Å². The van der Waals surface area contributed by atoms with E-state index in [1.54, 1.807) is 0 Å². The lowest BCUT2D eigenvalue weighted by molar-refractivity contribution is -0.116. The molecule has 0 bridgehead atoms. The third kappa shape index (κ3) is 3.62. The molecule has 0 saturated heterocycles. The third-order valence-electron chi connectivity index (χ3n) is 6.03. The van der Waals surface area contributed by atoms with Crippen LogP contribution in [0.2, 0.25) is 5.02 Å². The molecule has 1 aliphatic heterocycles. The lowest BCUT2D eigenvalue weighted by Crippen LogP contribution is -2.33. The number of dihydropyridines is 1. The van der Waals surface area contributed by atoms with Gasteiger partial charge in [-0.1, -0.05) is 35.9 Å². The molecule has 152 valence electrons. The van der Waals surface area contributed by atoms with Crippen LogP contribution in [-0.4, -0.2) is 19.9 Å². The molecule has 2 aliphatic rings. The number of carbonyl (C=O) groups is 1. The number of anilines is 1. The van der Waals surface area contributed by atoms with Crippen LogP contribution in [0.1, 0.15) is 42.7 Å². The summed E-state index contributed by atoms with van der Waals surface area (Å²) in [6, 6.07) is 18.2. The van der Waals surface area contributed by atoms with Crippen LogP contribution < -0.4 is 10.2 Å². The standard InChI is InChI=1S/C25H24ClN3O/c1-15-21(14-27)24(17-6-10-20(11-7-17)29(2)3)25-22(28-15)12-18(13-23(25)30)16-4-8-19(26)9-5-16/h4-11,18,24,28H,12-13H2,1-3H3. The molecule has 2 atom stereocenters. The first-order valence-electron chi connectivity index (χ1n) is 10.1. The third-order valence-corrected chi connectivity index (χ3v) is 6.28. The molecule has 4 rings (SSSR count). The van der Waals surface area contributed by atoms with E-state index in [4.69, 9.17) is 11.6 Å². The smallest absolute Gasteiger partial charge is 0.162 e. The Bertz CT molecular complexity index is 1090. The highest BCUT2D eigenvalue weighted by Gasteiger charge is 2.38. The van der Waals surface area contributed by atoms with E-state index in [1.165, 1.54) is 0 Å². The normalized spacial score (nSPS) is 21.1. The molecule has 2 aromatic rings. The summed E-state index contributed by atoms with van der Waals surface area (Å²) in [5.41, 5.74) is 6.28. The minimum absolute atomic E-state index is 0.102. The number of carbonyl (C=O) groups excluding carboxylic acids is 1. The molecule has 5 heteroatoms. The summed E-state index contributed by atoms with van der Waals surface area (Å²) in [7, 11) is 3.99. The number of nitrogens with zero attached hydrogens (tertiary/aromatic N) is 2. The Morgan fingerprint density at radius 3 is 2.27 bits per heavy atom. The van der Waals surface area contributed by atoms with Crippen molar-refractivity contribution in [3.05, 3.63) is 87.2 Å². The largest absolute Gasteiger partial charge is 0.378 e. The van der Waals surface area contributed by atoms with Crippen LogP contribution in [-0.2, 0) is 4.79 Å². The van der Waals surface area contributed by atoms with Crippen LogP contribution in [0.5, 0.6) is 0 Å². The summed E-state index contributed by atoms with van der Waals surface area (Å²) in [6.07, 6.45) is 1.18. The Morgan fingerprint density at radius 2 is 1.67 bits per heavy atom. The molecule has 0 aromatic heterocycles. The number of nitriles is 1. The van der Waals surface area contributed by atoms with Crippen molar-refractivity contribution in [3.63, 3.8) is 0 Å². The van der Waals surface area contributed by atoms with Gasteiger partial charge in [0.1, 0.15) is 0 Å². The maximum Gasteiger partial charge on any atom is 0.162 e. The average Bonchev–Trinajstić information content (AvgIpc) is 2.73. The number of halogens is 1. The summed E-state index contributed by atoms with van der Waals surface area (Å²) in [5, 5.41) is 13.9. The molecule has 4 nitrogen and oxygen atoms in total. The zero-order valence-electron chi connectivity index (χ0n) is 17.4. The van der Waals surface area contributed by atoms with Crippen molar-refractivity contribution in [2.45, 2.75) is 31.6 Å².